The standard InChI is InChI=1S/C16H7Cl3N4O/c17-13-14(18)22-11-7-8(5-6-9(11)20-13)23-12-4-2-1-3-10(12)21-15(19)16(23)24/h1-7H. The van der Waals surface area contributed by atoms with Crippen molar-refractivity contribution in [1.29, 1.82) is 0 Å². The molecule has 24 heavy (non-hydrogen) atoms. The van der Waals surface area contributed by atoms with Gasteiger partial charge in [0.25, 0.3) is 5.56 Å². The molecule has 2 heterocycles. The van der Waals surface area contributed by atoms with Gasteiger partial charge in [-0.25, -0.2) is 15.0 Å². The summed E-state index contributed by atoms with van der Waals surface area (Å²) in [5.41, 5.74) is 2.52. The van der Waals surface area contributed by atoms with Gasteiger partial charge in [0.15, 0.2) is 15.5 Å². The molecule has 0 fully saturated rings. The molecule has 0 aliphatic heterocycles. The Labute approximate surface area is 150 Å². The quantitative estimate of drug-likeness (QED) is 0.496. The monoisotopic (exact) mass is 376 g/mol. The number of aromatic nitrogens is 4. The summed E-state index contributed by atoms with van der Waals surface area (Å²) in [6.07, 6.45) is 0. The Bertz CT molecular complexity index is 1170. The lowest BCUT2D eigenvalue weighted by atomic mass is 10.2. The van der Waals surface area contributed by atoms with E-state index in [4.69, 9.17) is 34.8 Å². The zero-order valence-electron chi connectivity index (χ0n) is 11.9. The molecule has 0 aliphatic carbocycles. The number of hydrogen-bond donors (Lipinski definition) is 0. The van der Waals surface area contributed by atoms with Crippen LogP contribution < -0.4 is 5.56 Å². The lowest BCUT2D eigenvalue weighted by Crippen LogP contribution is -2.20. The van der Waals surface area contributed by atoms with Crippen molar-refractivity contribution in [3.63, 3.8) is 0 Å². The normalized spacial score (nSPS) is 11.3. The van der Waals surface area contributed by atoms with Crippen molar-refractivity contribution in [1.82, 2.24) is 19.5 Å². The van der Waals surface area contributed by atoms with Gasteiger partial charge in [0, 0.05) is 0 Å². The molecule has 0 amide bonds. The van der Waals surface area contributed by atoms with Crippen LogP contribution in [0.4, 0.5) is 0 Å². The summed E-state index contributed by atoms with van der Waals surface area (Å²) in [5.74, 6) is 0. The highest BCUT2D eigenvalue weighted by Crippen LogP contribution is 2.24. The van der Waals surface area contributed by atoms with Crippen molar-refractivity contribution in [2.45, 2.75) is 0 Å². The number of para-hydroxylation sites is 2. The van der Waals surface area contributed by atoms with Crippen molar-refractivity contribution in [2.75, 3.05) is 0 Å². The topological polar surface area (TPSA) is 60.7 Å². The molecule has 4 rings (SSSR count). The van der Waals surface area contributed by atoms with Crippen LogP contribution >= 0.6 is 34.8 Å². The molecular weight excluding hydrogens is 371 g/mol. The molecule has 0 spiro atoms. The Kier molecular flexibility index (Phi) is 3.64. The molecule has 0 radical (unpaired) electrons. The average Bonchev–Trinajstić information content (AvgIpc) is 2.57. The van der Waals surface area contributed by atoms with Crippen molar-refractivity contribution in [2.24, 2.45) is 0 Å². The molecular formula is C16H7Cl3N4O. The average molecular weight is 378 g/mol. The van der Waals surface area contributed by atoms with Crippen LogP contribution in [0.2, 0.25) is 15.5 Å². The first kappa shape index (κ1) is 15.3. The fourth-order valence-corrected chi connectivity index (χ4v) is 2.94. The third-order valence-corrected chi connectivity index (χ3v) is 4.42. The zero-order valence-corrected chi connectivity index (χ0v) is 14.1. The highest BCUT2D eigenvalue weighted by atomic mass is 35.5. The summed E-state index contributed by atoms with van der Waals surface area (Å²) in [7, 11) is 0. The summed E-state index contributed by atoms with van der Waals surface area (Å²) < 4.78 is 1.48. The number of halogens is 3. The molecule has 0 N–H and O–H groups in total. The molecule has 0 atom stereocenters. The molecule has 0 unspecified atom stereocenters. The number of nitrogens with zero attached hydrogens (tertiary/aromatic N) is 4. The molecule has 8 heteroatoms. The van der Waals surface area contributed by atoms with Crippen molar-refractivity contribution < 1.29 is 0 Å². The maximum atomic E-state index is 12.5. The molecule has 118 valence electrons. The van der Waals surface area contributed by atoms with Crippen molar-refractivity contribution in [3.05, 3.63) is 68.3 Å². The second kappa shape index (κ2) is 5.70. The lowest BCUT2D eigenvalue weighted by Gasteiger charge is -2.11. The van der Waals surface area contributed by atoms with E-state index in [0.717, 1.165) is 0 Å². The van der Waals surface area contributed by atoms with Gasteiger partial charge in [0.1, 0.15) is 0 Å². The number of fused-ring (bicyclic) bond motifs is 2. The van der Waals surface area contributed by atoms with Gasteiger partial charge in [-0.15, -0.1) is 0 Å². The summed E-state index contributed by atoms with van der Waals surface area (Å²) >= 11 is 17.8. The Morgan fingerprint density at radius 1 is 0.750 bits per heavy atom. The fraction of sp³-hybridized carbons (Fsp3) is 0. The third kappa shape index (κ3) is 2.41. The summed E-state index contributed by atoms with van der Waals surface area (Å²) in [4.78, 5) is 25.0. The number of hydrogen-bond acceptors (Lipinski definition) is 4. The summed E-state index contributed by atoms with van der Waals surface area (Å²) in [6, 6.07) is 12.4. The minimum absolute atomic E-state index is 0.103. The molecule has 0 bridgehead atoms. The predicted molar refractivity (Wildman–Crippen MR) is 95.5 cm³/mol. The van der Waals surface area contributed by atoms with Gasteiger partial charge in [-0.05, 0) is 30.3 Å². The minimum atomic E-state index is -0.414. The molecule has 2 aromatic heterocycles. The van der Waals surface area contributed by atoms with Crippen LogP contribution in [0.1, 0.15) is 0 Å². The molecule has 5 nitrogen and oxygen atoms in total. The van der Waals surface area contributed by atoms with E-state index < -0.39 is 5.56 Å². The SMILES string of the molecule is O=c1c(Cl)nc2ccccc2n1-c1ccc2nc(Cl)c(Cl)nc2c1. The largest absolute Gasteiger partial charge is 0.293 e. The van der Waals surface area contributed by atoms with E-state index in [0.29, 0.717) is 27.8 Å². The number of rotatable bonds is 1. The second-order valence-electron chi connectivity index (χ2n) is 5.01. The van der Waals surface area contributed by atoms with Crippen LogP contribution in [-0.2, 0) is 0 Å². The van der Waals surface area contributed by atoms with Crippen molar-refractivity contribution in [3.8, 4) is 5.69 Å². The van der Waals surface area contributed by atoms with Crippen LogP contribution in [0.15, 0.2) is 47.3 Å². The second-order valence-corrected chi connectivity index (χ2v) is 6.08. The van der Waals surface area contributed by atoms with Crippen LogP contribution in [0, 0.1) is 0 Å². The maximum Gasteiger partial charge on any atom is 0.293 e. The zero-order chi connectivity index (χ0) is 16.8. The first-order chi connectivity index (χ1) is 11.5. The minimum Gasteiger partial charge on any atom is -0.273 e. The molecule has 2 aromatic carbocycles. The lowest BCUT2D eigenvalue weighted by molar-refractivity contribution is 1.02. The van der Waals surface area contributed by atoms with Crippen LogP contribution in [0.25, 0.3) is 27.8 Å². The number of benzene rings is 2. The van der Waals surface area contributed by atoms with Gasteiger partial charge < -0.3 is 0 Å². The van der Waals surface area contributed by atoms with Crippen LogP contribution in [-0.4, -0.2) is 19.5 Å². The fourth-order valence-electron chi connectivity index (χ4n) is 2.50. The Morgan fingerprint density at radius 2 is 1.42 bits per heavy atom. The van der Waals surface area contributed by atoms with Crippen molar-refractivity contribution >= 4 is 56.9 Å². The van der Waals surface area contributed by atoms with E-state index in [1.54, 1.807) is 30.3 Å². The Hall–Kier alpha value is -2.21. The van der Waals surface area contributed by atoms with Gasteiger partial charge in [-0.3, -0.25) is 9.36 Å². The first-order valence-electron chi connectivity index (χ1n) is 6.85. The first-order valence-corrected chi connectivity index (χ1v) is 7.98. The van der Waals surface area contributed by atoms with E-state index in [2.05, 4.69) is 15.0 Å². The van der Waals surface area contributed by atoms with E-state index in [1.165, 1.54) is 4.57 Å². The Balaban J connectivity index is 2.08. The van der Waals surface area contributed by atoms with E-state index >= 15 is 0 Å². The van der Waals surface area contributed by atoms with Gasteiger partial charge in [0.2, 0.25) is 0 Å². The Morgan fingerprint density at radius 3 is 2.21 bits per heavy atom. The maximum absolute atomic E-state index is 12.5. The highest BCUT2D eigenvalue weighted by molar-refractivity contribution is 6.40. The molecule has 0 saturated heterocycles. The van der Waals surface area contributed by atoms with Gasteiger partial charge in [0.05, 0.1) is 27.8 Å². The van der Waals surface area contributed by atoms with E-state index in [-0.39, 0.29) is 15.5 Å². The van der Waals surface area contributed by atoms with E-state index in [9.17, 15) is 4.79 Å². The van der Waals surface area contributed by atoms with Gasteiger partial charge in [-0.1, -0.05) is 46.9 Å². The smallest absolute Gasteiger partial charge is 0.273 e. The summed E-state index contributed by atoms with van der Waals surface area (Å²) in [5, 5.41) is 0.131. The molecule has 0 saturated carbocycles. The molecule has 4 aromatic rings. The highest BCUT2D eigenvalue weighted by Gasteiger charge is 2.12. The predicted octanol–water partition coefficient (Wildman–Crippen LogP) is 4.29. The van der Waals surface area contributed by atoms with Gasteiger partial charge in [-0.2, -0.15) is 0 Å². The summed E-state index contributed by atoms with van der Waals surface area (Å²) in [6.45, 7) is 0. The van der Waals surface area contributed by atoms with Crippen LogP contribution in [0.3, 0.4) is 0 Å². The molecule has 0 aliphatic rings. The third-order valence-electron chi connectivity index (χ3n) is 3.55. The van der Waals surface area contributed by atoms with Gasteiger partial charge >= 0.3 is 0 Å². The van der Waals surface area contributed by atoms with Crippen LogP contribution in [0.5, 0.6) is 0 Å². The van der Waals surface area contributed by atoms with E-state index in [1.807, 2.05) is 12.1 Å².